The summed E-state index contributed by atoms with van der Waals surface area (Å²) >= 11 is 1.68. The van der Waals surface area contributed by atoms with Crippen molar-refractivity contribution in [2.75, 3.05) is 5.32 Å². The van der Waals surface area contributed by atoms with Crippen molar-refractivity contribution >= 4 is 29.3 Å². The Morgan fingerprint density at radius 1 is 1.00 bits per heavy atom. The molecule has 0 saturated heterocycles. The molecule has 2 amide bonds. The highest BCUT2D eigenvalue weighted by molar-refractivity contribution is 7.99. The first-order chi connectivity index (χ1) is 11.9. The molecule has 5 heteroatoms. The van der Waals surface area contributed by atoms with E-state index in [4.69, 9.17) is 0 Å². The normalized spacial score (nSPS) is 11.9. The average molecular weight is 356 g/mol. The van der Waals surface area contributed by atoms with Crippen LogP contribution >= 0.6 is 11.8 Å². The van der Waals surface area contributed by atoms with Crippen molar-refractivity contribution in [2.24, 2.45) is 5.92 Å². The minimum absolute atomic E-state index is 0.0112. The van der Waals surface area contributed by atoms with Crippen LogP contribution in [0, 0.1) is 12.8 Å². The lowest BCUT2D eigenvalue weighted by Crippen LogP contribution is -2.46. The van der Waals surface area contributed by atoms with Gasteiger partial charge in [0.1, 0.15) is 6.04 Å². The first-order valence-corrected chi connectivity index (χ1v) is 9.10. The fourth-order valence-electron chi connectivity index (χ4n) is 2.43. The zero-order valence-electron chi connectivity index (χ0n) is 15.0. The van der Waals surface area contributed by atoms with Crippen molar-refractivity contribution in [3.8, 4) is 0 Å². The number of aryl methyl sites for hydroxylation is 1. The molecular formula is C20H24N2O2S. The number of nitrogens with one attached hydrogen (secondary N) is 2. The first-order valence-electron chi connectivity index (χ1n) is 8.28. The molecule has 4 nitrogen and oxygen atoms in total. The van der Waals surface area contributed by atoms with E-state index < -0.39 is 6.04 Å². The van der Waals surface area contributed by atoms with E-state index in [-0.39, 0.29) is 17.7 Å². The van der Waals surface area contributed by atoms with Crippen LogP contribution in [-0.4, -0.2) is 17.9 Å². The van der Waals surface area contributed by atoms with Gasteiger partial charge in [-0.15, -0.1) is 0 Å². The number of hydrogen-bond acceptors (Lipinski definition) is 3. The molecule has 0 saturated carbocycles. The number of benzene rings is 2. The standard InChI is InChI=1S/C20H24N2O2S/c1-13(2)19(21-15(4)23)20(24)22-18-11-10-17(12-14(18)3)25-16-8-6-5-7-9-16/h5-13,19H,1-4H3,(H,21,23)(H,22,24). The predicted molar refractivity (Wildman–Crippen MR) is 103 cm³/mol. The van der Waals surface area contributed by atoms with Crippen LogP contribution in [0.5, 0.6) is 0 Å². The molecule has 2 rings (SSSR count). The van der Waals surface area contributed by atoms with Crippen LogP contribution in [0.4, 0.5) is 5.69 Å². The van der Waals surface area contributed by atoms with Crippen molar-refractivity contribution < 1.29 is 9.59 Å². The molecule has 132 valence electrons. The molecule has 0 radical (unpaired) electrons. The van der Waals surface area contributed by atoms with Crippen LogP contribution in [0.1, 0.15) is 26.3 Å². The number of carbonyl (C=O) groups excluding carboxylic acids is 2. The number of amides is 2. The van der Waals surface area contributed by atoms with Crippen LogP contribution < -0.4 is 10.6 Å². The smallest absolute Gasteiger partial charge is 0.247 e. The van der Waals surface area contributed by atoms with Crippen molar-refractivity contribution in [3.63, 3.8) is 0 Å². The Balaban J connectivity index is 2.09. The molecule has 0 fully saturated rings. The van der Waals surface area contributed by atoms with E-state index in [1.54, 1.807) is 11.8 Å². The van der Waals surface area contributed by atoms with Gasteiger partial charge in [0.05, 0.1) is 0 Å². The van der Waals surface area contributed by atoms with E-state index in [0.29, 0.717) is 0 Å². The lowest BCUT2D eigenvalue weighted by molar-refractivity contribution is -0.126. The maximum Gasteiger partial charge on any atom is 0.247 e. The number of anilines is 1. The van der Waals surface area contributed by atoms with E-state index in [2.05, 4.69) is 28.8 Å². The maximum absolute atomic E-state index is 12.5. The molecule has 0 heterocycles. The van der Waals surface area contributed by atoms with Gasteiger partial charge in [0.2, 0.25) is 11.8 Å². The summed E-state index contributed by atoms with van der Waals surface area (Å²) in [5.41, 5.74) is 1.75. The molecular weight excluding hydrogens is 332 g/mol. The SMILES string of the molecule is CC(=O)NC(C(=O)Nc1ccc(Sc2ccccc2)cc1C)C(C)C. The molecule has 2 N–H and O–H groups in total. The Labute approximate surface area is 153 Å². The van der Waals surface area contributed by atoms with E-state index in [9.17, 15) is 9.59 Å². The van der Waals surface area contributed by atoms with Gasteiger partial charge in [-0.1, -0.05) is 43.8 Å². The largest absolute Gasteiger partial charge is 0.344 e. The fraction of sp³-hybridized carbons (Fsp3) is 0.300. The first kappa shape index (κ1) is 19.1. The Bertz CT molecular complexity index is 745. The van der Waals surface area contributed by atoms with Crippen LogP contribution in [0.2, 0.25) is 0 Å². The van der Waals surface area contributed by atoms with Crippen LogP contribution in [0.3, 0.4) is 0 Å². The molecule has 0 bridgehead atoms. The monoisotopic (exact) mass is 356 g/mol. The van der Waals surface area contributed by atoms with Crippen molar-refractivity contribution in [2.45, 2.75) is 43.5 Å². The van der Waals surface area contributed by atoms with Crippen molar-refractivity contribution in [1.82, 2.24) is 5.32 Å². The van der Waals surface area contributed by atoms with Gasteiger partial charge in [0.25, 0.3) is 0 Å². The quantitative estimate of drug-likeness (QED) is 0.814. The summed E-state index contributed by atoms with van der Waals surface area (Å²) in [6, 6.07) is 15.6. The van der Waals surface area contributed by atoms with Gasteiger partial charge in [-0.3, -0.25) is 9.59 Å². The summed E-state index contributed by atoms with van der Waals surface area (Å²) in [5.74, 6) is -0.394. The van der Waals surface area contributed by atoms with Crippen LogP contribution in [-0.2, 0) is 9.59 Å². The highest BCUT2D eigenvalue weighted by Crippen LogP contribution is 2.30. The van der Waals surface area contributed by atoms with Gasteiger partial charge >= 0.3 is 0 Å². The topological polar surface area (TPSA) is 58.2 Å². The molecule has 0 aromatic heterocycles. The van der Waals surface area contributed by atoms with Crippen LogP contribution in [0.15, 0.2) is 58.3 Å². The Hall–Kier alpha value is -2.27. The second-order valence-electron chi connectivity index (χ2n) is 6.30. The van der Waals surface area contributed by atoms with E-state index in [1.165, 1.54) is 11.8 Å². The summed E-state index contributed by atoms with van der Waals surface area (Å²) < 4.78 is 0. The maximum atomic E-state index is 12.5. The van der Waals surface area contributed by atoms with E-state index >= 15 is 0 Å². The van der Waals surface area contributed by atoms with Gasteiger partial charge in [-0.2, -0.15) is 0 Å². The zero-order valence-corrected chi connectivity index (χ0v) is 15.8. The third kappa shape index (κ3) is 5.64. The summed E-state index contributed by atoms with van der Waals surface area (Å²) in [7, 11) is 0. The summed E-state index contributed by atoms with van der Waals surface area (Å²) in [4.78, 5) is 26.1. The molecule has 2 aromatic rings. The Kier molecular flexibility index (Phi) is 6.65. The molecule has 0 aliphatic rings. The van der Waals surface area contributed by atoms with E-state index in [0.717, 1.165) is 16.1 Å². The molecule has 2 aromatic carbocycles. The lowest BCUT2D eigenvalue weighted by Gasteiger charge is -2.21. The predicted octanol–water partition coefficient (Wildman–Crippen LogP) is 4.25. The van der Waals surface area contributed by atoms with Crippen molar-refractivity contribution in [3.05, 3.63) is 54.1 Å². The summed E-state index contributed by atoms with van der Waals surface area (Å²) in [6.07, 6.45) is 0. The number of hydrogen-bond donors (Lipinski definition) is 2. The highest BCUT2D eigenvalue weighted by Gasteiger charge is 2.23. The Morgan fingerprint density at radius 3 is 2.24 bits per heavy atom. The van der Waals surface area contributed by atoms with Gasteiger partial charge in [0.15, 0.2) is 0 Å². The number of carbonyl (C=O) groups is 2. The Morgan fingerprint density at radius 2 is 1.68 bits per heavy atom. The molecule has 1 atom stereocenters. The average Bonchev–Trinajstić information content (AvgIpc) is 2.55. The molecule has 1 unspecified atom stereocenters. The van der Waals surface area contributed by atoms with Crippen molar-refractivity contribution in [1.29, 1.82) is 0 Å². The van der Waals surface area contributed by atoms with Gasteiger partial charge in [-0.05, 0) is 48.7 Å². The number of rotatable bonds is 6. The molecule has 0 aliphatic heterocycles. The lowest BCUT2D eigenvalue weighted by atomic mass is 10.0. The second kappa shape index (κ2) is 8.72. The summed E-state index contributed by atoms with van der Waals surface area (Å²) in [5, 5.41) is 5.63. The molecule has 0 spiro atoms. The highest BCUT2D eigenvalue weighted by atomic mass is 32.2. The second-order valence-corrected chi connectivity index (χ2v) is 7.45. The summed E-state index contributed by atoms with van der Waals surface area (Å²) in [6.45, 7) is 7.20. The fourth-order valence-corrected chi connectivity index (χ4v) is 3.37. The van der Waals surface area contributed by atoms with Gasteiger partial charge < -0.3 is 10.6 Å². The van der Waals surface area contributed by atoms with Gasteiger partial charge in [0, 0.05) is 22.4 Å². The third-order valence-corrected chi connectivity index (χ3v) is 4.74. The van der Waals surface area contributed by atoms with Gasteiger partial charge in [-0.25, -0.2) is 0 Å². The third-order valence-electron chi connectivity index (χ3n) is 3.74. The minimum Gasteiger partial charge on any atom is -0.344 e. The molecule has 0 aliphatic carbocycles. The molecule has 25 heavy (non-hydrogen) atoms. The van der Waals surface area contributed by atoms with Crippen LogP contribution in [0.25, 0.3) is 0 Å². The minimum atomic E-state index is -0.546. The zero-order chi connectivity index (χ0) is 18.4. The van der Waals surface area contributed by atoms with E-state index in [1.807, 2.05) is 51.1 Å².